The van der Waals surface area contributed by atoms with Crippen LogP contribution in [0.3, 0.4) is 0 Å². The van der Waals surface area contributed by atoms with Crippen molar-refractivity contribution >= 4 is 10.5 Å². The highest BCUT2D eigenvalue weighted by Crippen LogP contribution is 2.06. The predicted molar refractivity (Wildman–Crippen MR) is 43.2 cm³/mol. The first-order valence-electron chi connectivity index (χ1n) is 3.08. The summed E-state index contributed by atoms with van der Waals surface area (Å²) in [6.07, 6.45) is 1.53. The van der Waals surface area contributed by atoms with Gasteiger partial charge in [-0.25, -0.2) is 4.21 Å². The minimum atomic E-state index is -2.82. The smallest absolute Gasteiger partial charge is 0.0811 e. The van der Waals surface area contributed by atoms with Gasteiger partial charge in [0.2, 0.25) is 0 Å². The lowest BCUT2D eigenvalue weighted by Gasteiger charge is -2.19. The van der Waals surface area contributed by atoms with Gasteiger partial charge in [0.05, 0.1) is 30.0 Å². The Morgan fingerprint density at radius 3 is 2.60 bits per heavy atom. The molecule has 4 heteroatoms. The Morgan fingerprint density at radius 1 is 1.70 bits per heavy atom. The molecule has 0 aromatic rings. The van der Waals surface area contributed by atoms with E-state index in [0.717, 1.165) is 0 Å². The second-order valence-electron chi connectivity index (χ2n) is 1.68. The van der Waals surface area contributed by atoms with Crippen LogP contribution in [0.2, 0.25) is 0 Å². The molecule has 0 spiro atoms. The van der Waals surface area contributed by atoms with Gasteiger partial charge in [-0.1, -0.05) is 6.08 Å². The van der Waals surface area contributed by atoms with E-state index in [4.69, 9.17) is 4.18 Å². The fourth-order valence-corrected chi connectivity index (χ4v) is 1.60. The van der Waals surface area contributed by atoms with E-state index in [1.165, 1.54) is 13.2 Å². The summed E-state index contributed by atoms with van der Waals surface area (Å²) < 4.78 is 20.8. The molecule has 0 aromatic carbocycles. The average molecular weight is 166 g/mol. The molecule has 0 N–H and O–H groups in total. The zero-order valence-electron chi connectivity index (χ0n) is 6.37. The van der Waals surface area contributed by atoms with Crippen molar-refractivity contribution in [1.29, 1.82) is 0 Å². The first-order valence-corrected chi connectivity index (χ1v) is 4.81. The molecule has 0 saturated carbocycles. The molecule has 0 atom stereocenters. The SMILES string of the molecule is C=CC[SH](=O)(OC)OCC. The van der Waals surface area contributed by atoms with Crippen LogP contribution < -0.4 is 0 Å². The summed E-state index contributed by atoms with van der Waals surface area (Å²) in [5.74, 6) is 0.275. The molecule has 0 heterocycles. The Balaban J connectivity index is 3.94. The second kappa shape index (κ2) is 4.60. The summed E-state index contributed by atoms with van der Waals surface area (Å²) in [7, 11) is -1.44. The molecule has 0 saturated heterocycles. The van der Waals surface area contributed by atoms with Gasteiger partial charge in [-0.2, -0.15) is 0 Å². The van der Waals surface area contributed by atoms with Gasteiger partial charge in [0.1, 0.15) is 0 Å². The Hall–Kier alpha value is -0.190. The zero-order chi connectivity index (χ0) is 8.04. The highest BCUT2D eigenvalue weighted by Gasteiger charge is 2.08. The Labute approximate surface area is 62.9 Å². The van der Waals surface area contributed by atoms with E-state index in [2.05, 4.69) is 10.8 Å². The number of thiol groups is 1. The van der Waals surface area contributed by atoms with Crippen molar-refractivity contribution in [3.8, 4) is 0 Å². The summed E-state index contributed by atoms with van der Waals surface area (Å²) in [6.45, 7) is 5.62. The molecule has 0 aliphatic rings. The van der Waals surface area contributed by atoms with Crippen LogP contribution in [-0.4, -0.2) is 23.7 Å². The summed E-state index contributed by atoms with van der Waals surface area (Å²) in [5, 5.41) is 0. The summed E-state index contributed by atoms with van der Waals surface area (Å²) in [6, 6.07) is 0. The van der Waals surface area contributed by atoms with Gasteiger partial charge >= 0.3 is 0 Å². The van der Waals surface area contributed by atoms with Crippen LogP contribution in [0.4, 0.5) is 0 Å². The molecule has 10 heavy (non-hydrogen) atoms. The van der Waals surface area contributed by atoms with E-state index in [9.17, 15) is 4.21 Å². The normalized spacial score (nSPS) is 13.0. The fraction of sp³-hybridized carbons (Fsp3) is 0.667. The molecule has 0 rings (SSSR count). The van der Waals surface area contributed by atoms with Crippen molar-refractivity contribution in [2.45, 2.75) is 6.92 Å². The zero-order valence-corrected chi connectivity index (χ0v) is 7.27. The molecule has 0 unspecified atom stereocenters. The van der Waals surface area contributed by atoms with Crippen LogP contribution in [0.5, 0.6) is 0 Å². The van der Waals surface area contributed by atoms with Crippen LogP contribution in [0.1, 0.15) is 6.92 Å². The summed E-state index contributed by atoms with van der Waals surface area (Å²) in [5.41, 5.74) is 0. The molecule has 0 aromatic heterocycles. The van der Waals surface area contributed by atoms with E-state index in [0.29, 0.717) is 6.61 Å². The predicted octanol–water partition coefficient (Wildman–Crippen LogP) is 0.702. The first kappa shape index (κ1) is 9.81. The minimum Gasteiger partial charge on any atom is -0.297 e. The summed E-state index contributed by atoms with van der Waals surface area (Å²) >= 11 is 0. The number of hydrogen-bond acceptors (Lipinski definition) is 3. The van der Waals surface area contributed by atoms with Crippen LogP contribution >= 0.6 is 0 Å². The molecule has 0 bridgehead atoms. The first-order chi connectivity index (χ1) is 4.68. The monoisotopic (exact) mass is 166 g/mol. The molecular weight excluding hydrogens is 152 g/mol. The van der Waals surface area contributed by atoms with Crippen LogP contribution in [-0.2, 0) is 18.9 Å². The maximum atomic E-state index is 11.3. The Morgan fingerprint density at radius 2 is 2.30 bits per heavy atom. The minimum absolute atomic E-state index is 0.275. The van der Waals surface area contributed by atoms with E-state index in [1.54, 1.807) is 6.92 Å². The van der Waals surface area contributed by atoms with Gasteiger partial charge in [-0.3, -0.25) is 8.37 Å². The number of rotatable bonds is 5. The van der Waals surface area contributed by atoms with Gasteiger partial charge in [0.15, 0.2) is 0 Å². The van der Waals surface area contributed by atoms with Crippen molar-refractivity contribution in [3.63, 3.8) is 0 Å². The fourth-order valence-electron chi connectivity index (χ4n) is 0.535. The quantitative estimate of drug-likeness (QED) is 0.482. The van der Waals surface area contributed by atoms with E-state index in [1.807, 2.05) is 0 Å². The molecule has 62 valence electrons. The van der Waals surface area contributed by atoms with Gasteiger partial charge in [-0.05, 0) is 6.92 Å². The van der Waals surface area contributed by atoms with Crippen molar-refractivity contribution in [3.05, 3.63) is 12.7 Å². The highest BCUT2D eigenvalue weighted by molar-refractivity contribution is 7.94. The van der Waals surface area contributed by atoms with Crippen molar-refractivity contribution in [2.24, 2.45) is 0 Å². The molecule has 0 aliphatic heterocycles. The standard InChI is InChI=1S/C6H14O3S/c1-4-6-10(7,8-3)9-5-2/h4,10H,1,5-6H2,2-3H3. The third-order valence-corrected chi connectivity index (χ3v) is 2.87. The average Bonchev–Trinajstić information content (AvgIpc) is 1.89. The lowest BCUT2D eigenvalue weighted by atomic mass is 10.8. The van der Waals surface area contributed by atoms with Crippen molar-refractivity contribution < 1.29 is 12.6 Å². The molecule has 0 aliphatic carbocycles. The lowest BCUT2D eigenvalue weighted by Crippen LogP contribution is -2.20. The van der Waals surface area contributed by atoms with Crippen LogP contribution in [0.15, 0.2) is 12.7 Å². The van der Waals surface area contributed by atoms with Gasteiger partial charge in [0.25, 0.3) is 0 Å². The Bertz CT molecular complexity index is 144. The second-order valence-corrected chi connectivity index (χ2v) is 3.89. The maximum Gasteiger partial charge on any atom is 0.0811 e. The third kappa shape index (κ3) is 3.10. The van der Waals surface area contributed by atoms with E-state index in [-0.39, 0.29) is 5.75 Å². The Kier molecular flexibility index (Phi) is 4.51. The molecule has 0 fully saturated rings. The van der Waals surface area contributed by atoms with Crippen molar-refractivity contribution in [1.82, 2.24) is 0 Å². The van der Waals surface area contributed by atoms with E-state index >= 15 is 0 Å². The number of hydrogen-bond donors (Lipinski definition) is 1. The van der Waals surface area contributed by atoms with Crippen LogP contribution in [0.25, 0.3) is 0 Å². The van der Waals surface area contributed by atoms with Gasteiger partial charge < -0.3 is 0 Å². The maximum absolute atomic E-state index is 11.3. The highest BCUT2D eigenvalue weighted by atomic mass is 32.3. The third-order valence-electron chi connectivity index (χ3n) is 0.957. The largest absolute Gasteiger partial charge is 0.297 e. The molecule has 3 nitrogen and oxygen atoms in total. The van der Waals surface area contributed by atoms with E-state index < -0.39 is 10.5 Å². The topological polar surface area (TPSA) is 35.5 Å². The van der Waals surface area contributed by atoms with Gasteiger partial charge in [0, 0.05) is 0 Å². The summed E-state index contributed by atoms with van der Waals surface area (Å²) in [4.78, 5) is 0. The van der Waals surface area contributed by atoms with Gasteiger partial charge in [-0.15, -0.1) is 6.58 Å². The molecule has 0 radical (unpaired) electrons. The lowest BCUT2D eigenvalue weighted by molar-refractivity contribution is 0.277. The molecular formula is C6H14O3S. The van der Waals surface area contributed by atoms with Crippen molar-refractivity contribution in [2.75, 3.05) is 19.5 Å². The molecule has 0 amide bonds. The van der Waals surface area contributed by atoms with Crippen LogP contribution in [0, 0.1) is 0 Å².